The maximum atomic E-state index is 10.1. The highest BCUT2D eigenvalue weighted by Crippen LogP contribution is 1.93. The van der Waals surface area contributed by atoms with E-state index in [1.165, 1.54) is 0 Å². The van der Waals surface area contributed by atoms with E-state index in [1.807, 2.05) is 13.8 Å². The van der Waals surface area contributed by atoms with Gasteiger partial charge in [-0.3, -0.25) is 10.6 Å². The number of aliphatic carboxylic acids is 1. The third-order valence-electron chi connectivity index (χ3n) is 1.05. The normalized spacial score (nSPS) is 10.4. The minimum Gasteiger partial charge on any atom is -0.543 e. The summed E-state index contributed by atoms with van der Waals surface area (Å²) in [5, 5.41) is 19.8. The molecule has 0 fully saturated rings. The molecule has 0 aliphatic heterocycles. The Morgan fingerprint density at radius 1 is 1.75 bits per heavy atom. The number of carbonyl (C=O) groups excluding carboxylic acids is 1. The number of rotatable bonds is 5. The number of hydrazine groups is 1. The van der Waals surface area contributed by atoms with Gasteiger partial charge in [0.2, 0.25) is 0 Å². The topological polar surface area (TPSA) is 75.6 Å². The first kappa shape index (κ1) is 10.9. The first-order chi connectivity index (χ1) is 5.43. The van der Waals surface area contributed by atoms with Gasteiger partial charge in [-0.1, -0.05) is 20.4 Å². The Bertz CT molecular complexity index is 179. The molecule has 0 saturated carbocycles. The summed E-state index contributed by atoms with van der Waals surface area (Å²) in [7, 11) is 0. The van der Waals surface area contributed by atoms with Crippen LogP contribution >= 0.6 is 0 Å². The van der Waals surface area contributed by atoms with Gasteiger partial charge < -0.3 is 9.90 Å². The number of nitrogens with one attached hydrogen (secondary N) is 1. The second-order valence-corrected chi connectivity index (χ2v) is 2.85. The maximum absolute atomic E-state index is 10.1. The maximum Gasteiger partial charge on any atom is 0.0882 e. The second kappa shape index (κ2) is 4.74. The molecule has 0 amide bonds. The van der Waals surface area contributed by atoms with Crippen molar-refractivity contribution in [2.24, 2.45) is 5.92 Å². The van der Waals surface area contributed by atoms with E-state index in [-0.39, 0.29) is 11.6 Å². The zero-order valence-corrected chi connectivity index (χ0v) is 7.20. The van der Waals surface area contributed by atoms with Gasteiger partial charge in [-0.05, 0) is 5.92 Å². The van der Waals surface area contributed by atoms with Crippen LogP contribution < -0.4 is 10.5 Å². The quantitative estimate of drug-likeness (QED) is 0.416. The number of carboxylic acids is 1. The van der Waals surface area contributed by atoms with Crippen LogP contribution in [0.25, 0.3) is 0 Å². The van der Waals surface area contributed by atoms with Crippen LogP contribution in [-0.2, 0) is 4.79 Å². The summed E-state index contributed by atoms with van der Waals surface area (Å²) >= 11 is 0. The van der Waals surface area contributed by atoms with E-state index >= 15 is 0 Å². The molecule has 0 aromatic carbocycles. The lowest BCUT2D eigenvalue weighted by Gasteiger charge is -2.20. The third kappa shape index (κ3) is 4.70. The molecule has 0 rings (SSSR count). The molecule has 0 spiro atoms. The van der Waals surface area contributed by atoms with E-state index in [2.05, 4.69) is 12.0 Å². The van der Waals surface area contributed by atoms with Crippen molar-refractivity contribution in [3.05, 3.63) is 12.3 Å². The van der Waals surface area contributed by atoms with E-state index < -0.39 is 5.97 Å². The molecule has 0 aliphatic carbocycles. The Morgan fingerprint density at radius 3 is 2.58 bits per heavy atom. The number of hydrogen-bond acceptors (Lipinski definition) is 5. The van der Waals surface area contributed by atoms with Crippen LogP contribution in [-0.4, -0.2) is 22.9 Å². The summed E-state index contributed by atoms with van der Waals surface area (Å²) in [6.45, 7) is 7.20. The lowest BCUT2D eigenvalue weighted by atomic mass is 10.2. The molecule has 5 nitrogen and oxygen atoms in total. The van der Waals surface area contributed by atoms with Crippen LogP contribution in [0.3, 0.4) is 0 Å². The van der Waals surface area contributed by atoms with E-state index in [4.69, 9.17) is 5.21 Å². The number of nitrogens with zero attached hydrogens (tertiary/aromatic N) is 1. The monoisotopic (exact) mass is 173 g/mol. The SMILES string of the molecule is C=C(NN(O)CC(C)C)C(=O)[O-]. The number of carbonyl (C=O) groups is 1. The molecule has 2 N–H and O–H groups in total. The highest BCUT2D eigenvalue weighted by Gasteiger charge is 2.03. The smallest absolute Gasteiger partial charge is 0.0882 e. The minimum absolute atomic E-state index is 0.219. The van der Waals surface area contributed by atoms with Gasteiger partial charge in [-0.15, -0.1) is 5.17 Å². The average Bonchev–Trinajstić information content (AvgIpc) is 1.84. The Morgan fingerprint density at radius 2 is 2.25 bits per heavy atom. The molecular formula is C7H13N2O3-. The van der Waals surface area contributed by atoms with Crippen molar-refractivity contribution in [1.29, 1.82) is 0 Å². The zero-order valence-electron chi connectivity index (χ0n) is 7.20. The van der Waals surface area contributed by atoms with E-state index in [0.717, 1.165) is 0 Å². The third-order valence-corrected chi connectivity index (χ3v) is 1.05. The van der Waals surface area contributed by atoms with Crippen molar-refractivity contribution in [3.8, 4) is 0 Å². The molecule has 0 unspecified atom stereocenters. The zero-order chi connectivity index (χ0) is 9.72. The number of hydroxylamine groups is 1. The fourth-order valence-electron chi connectivity index (χ4n) is 0.593. The summed E-state index contributed by atoms with van der Waals surface area (Å²) in [4.78, 5) is 10.1. The molecule has 12 heavy (non-hydrogen) atoms. The van der Waals surface area contributed by atoms with Crippen molar-refractivity contribution < 1.29 is 15.1 Å². The Balaban J connectivity index is 3.76. The van der Waals surface area contributed by atoms with Crippen molar-refractivity contribution in [3.63, 3.8) is 0 Å². The van der Waals surface area contributed by atoms with Crippen LogP contribution in [0, 0.1) is 5.92 Å². The summed E-state index contributed by atoms with van der Waals surface area (Å²) in [6, 6.07) is 0. The standard InChI is InChI=1S/C7H14N2O3/c1-5(2)4-9(12)8-6(3)7(10)11/h5,8,12H,3-4H2,1-2H3,(H,10,11)/p-1. The molecule has 70 valence electrons. The molecule has 0 aromatic heterocycles. The molecule has 0 aromatic rings. The van der Waals surface area contributed by atoms with Gasteiger partial charge in [0.15, 0.2) is 0 Å². The van der Waals surface area contributed by atoms with E-state index in [1.54, 1.807) is 0 Å². The number of hydrogen-bond donors (Lipinski definition) is 2. The van der Waals surface area contributed by atoms with Crippen molar-refractivity contribution in [1.82, 2.24) is 10.6 Å². The van der Waals surface area contributed by atoms with Gasteiger partial charge in [0.1, 0.15) is 0 Å². The van der Waals surface area contributed by atoms with Gasteiger partial charge in [0, 0.05) is 6.54 Å². The lowest BCUT2D eigenvalue weighted by molar-refractivity contribution is -0.301. The Kier molecular flexibility index (Phi) is 4.31. The first-order valence-electron chi connectivity index (χ1n) is 3.56. The number of carboxylic acid groups (broad SMARTS) is 1. The van der Waals surface area contributed by atoms with Gasteiger partial charge in [-0.2, -0.15) is 0 Å². The van der Waals surface area contributed by atoms with Gasteiger partial charge in [-0.25, -0.2) is 0 Å². The van der Waals surface area contributed by atoms with E-state index in [0.29, 0.717) is 11.7 Å². The molecule has 0 aliphatic rings. The van der Waals surface area contributed by atoms with E-state index in [9.17, 15) is 9.90 Å². The van der Waals surface area contributed by atoms with Gasteiger partial charge in [0.05, 0.1) is 11.7 Å². The predicted octanol–water partition coefficient (Wildman–Crippen LogP) is -0.898. The fourth-order valence-corrected chi connectivity index (χ4v) is 0.593. The molecule has 0 radical (unpaired) electrons. The highest BCUT2D eigenvalue weighted by atomic mass is 16.5. The fraction of sp³-hybridized carbons (Fsp3) is 0.571. The van der Waals surface area contributed by atoms with Crippen molar-refractivity contribution in [2.75, 3.05) is 6.54 Å². The largest absolute Gasteiger partial charge is 0.543 e. The minimum atomic E-state index is -1.43. The molecule has 5 heteroatoms. The van der Waals surface area contributed by atoms with Crippen LogP contribution in [0.4, 0.5) is 0 Å². The predicted molar refractivity (Wildman–Crippen MR) is 40.6 cm³/mol. The summed E-state index contributed by atoms with van der Waals surface area (Å²) in [5.74, 6) is -1.21. The summed E-state index contributed by atoms with van der Waals surface area (Å²) in [5.41, 5.74) is 1.78. The molecule has 0 bridgehead atoms. The second-order valence-electron chi connectivity index (χ2n) is 2.85. The van der Waals surface area contributed by atoms with Crippen LogP contribution in [0.2, 0.25) is 0 Å². The highest BCUT2D eigenvalue weighted by molar-refractivity contribution is 5.82. The molecule has 0 heterocycles. The van der Waals surface area contributed by atoms with Crippen LogP contribution in [0.5, 0.6) is 0 Å². The Labute approximate surface area is 71.2 Å². The lowest BCUT2D eigenvalue weighted by Crippen LogP contribution is -2.42. The summed E-state index contributed by atoms with van der Waals surface area (Å²) in [6.07, 6.45) is 0. The van der Waals surface area contributed by atoms with Crippen molar-refractivity contribution in [2.45, 2.75) is 13.8 Å². The average molecular weight is 173 g/mol. The molecule has 0 atom stereocenters. The first-order valence-corrected chi connectivity index (χ1v) is 3.56. The Hall–Kier alpha value is -1.07. The van der Waals surface area contributed by atoms with Gasteiger partial charge >= 0.3 is 0 Å². The molecule has 0 saturated heterocycles. The van der Waals surface area contributed by atoms with Crippen molar-refractivity contribution >= 4 is 5.97 Å². The van der Waals surface area contributed by atoms with Gasteiger partial charge in [0.25, 0.3) is 0 Å². The van der Waals surface area contributed by atoms with Crippen LogP contribution in [0.15, 0.2) is 12.3 Å². The summed E-state index contributed by atoms with van der Waals surface area (Å²) < 4.78 is 0. The molecular weight excluding hydrogens is 160 g/mol. The van der Waals surface area contributed by atoms with Crippen LogP contribution in [0.1, 0.15) is 13.8 Å².